The van der Waals surface area contributed by atoms with Gasteiger partial charge >= 0.3 is 5.97 Å². The molecule has 10 rings (SSSR count). The number of fused-ring (bicyclic) bond motifs is 14. The lowest BCUT2D eigenvalue weighted by molar-refractivity contribution is -0.144. The molecule has 8 heterocycles. The molecule has 1 aliphatic heterocycles. The Morgan fingerprint density at radius 1 is 0.730 bits per heavy atom. The summed E-state index contributed by atoms with van der Waals surface area (Å²) in [5.74, 6) is -4.74. The highest BCUT2D eigenvalue weighted by Crippen LogP contribution is 2.42. The van der Waals surface area contributed by atoms with E-state index in [0.29, 0.717) is 118 Å². The number of aryl methyl sites for hydroxylation is 1. The van der Waals surface area contributed by atoms with Crippen LogP contribution in [0.2, 0.25) is 0 Å². The van der Waals surface area contributed by atoms with Gasteiger partial charge in [-0.1, -0.05) is 44.2 Å². The second-order valence-corrected chi connectivity index (χ2v) is 27.5. The Hall–Kier alpha value is -7.48. The number of carboxylic acids is 1. The fourth-order valence-corrected chi connectivity index (χ4v) is 16.1. The number of rotatable bonds is 15. The normalized spacial score (nSPS) is 18.8. The lowest BCUT2D eigenvalue weighted by Gasteiger charge is -2.30. The molecule has 466 valence electrons. The summed E-state index contributed by atoms with van der Waals surface area (Å²) < 4.78 is 5.48. The van der Waals surface area contributed by atoms with Crippen LogP contribution in [0, 0.1) is 24.7 Å². The zero-order valence-electron chi connectivity index (χ0n) is 49.0. The molecule has 0 spiro atoms. The number of carbonyl (C=O) groups is 7. The third-order valence-corrected chi connectivity index (χ3v) is 21.1. The molecule has 10 bridgehead atoms. The monoisotopic (exact) mass is 1320 g/mol. The largest absolute Gasteiger partial charge is 0.481 e. The molecule has 5 amide bonds. The Kier molecular flexibility index (Phi) is 21.0. The van der Waals surface area contributed by atoms with Crippen LogP contribution in [0.5, 0.6) is 0 Å². The van der Waals surface area contributed by atoms with Crippen molar-refractivity contribution in [3.63, 3.8) is 0 Å². The highest BCUT2D eigenvalue weighted by atomic mass is 32.1. The minimum Gasteiger partial charge on any atom is -0.481 e. The van der Waals surface area contributed by atoms with Gasteiger partial charge in [-0.3, -0.25) is 38.5 Å². The maximum absolute atomic E-state index is 14.4. The first-order chi connectivity index (χ1) is 42.9. The molecule has 1 fully saturated rings. The number of nitrogens with zero attached hydrogens (tertiary/aromatic N) is 8. The Morgan fingerprint density at radius 3 is 2.16 bits per heavy atom. The fourth-order valence-electron chi connectivity index (χ4n) is 10.5. The highest BCUT2D eigenvalue weighted by molar-refractivity contribution is 7.15. The number of pyridine rings is 1. The number of hydrogen-bond donors (Lipinski definition) is 7. The highest BCUT2D eigenvalue weighted by Gasteiger charge is 2.36. The minimum atomic E-state index is -1.28. The summed E-state index contributed by atoms with van der Waals surface area (Å²) in [6, 6.07) is 10.3. The number of nitrogens with one attached hydrogen (secondary N) is 4. The van der Waals surface area contributed by atoms with Crippen molar-refractivity contribution in [3.05, 3.63) is 111 Å². The van der Waals surface area contributed by atoms with Gasteiger partial charge in [-0.05, 0) is 69.1 Å². The molecule has 0 radical (unpaired) electrons. The first kappa shape index (κ1) is 64.5. The number of methoxy groups -OCH3 is 1. The molecular weight excluding hydrogens is 1260 g/mol. The van der Waals surface area contributed by atoms with E-state index in [1.807, 2.05) is 13.8 Å². The van der Waals surface area contributed by atoms with Crippen LogP contribution >= 0.6 is 68.0 Å². The topological polar surface area (TPSA) is 331 Å². The molecule has 0 saturated heterocycles. The standard InChI is InChI=1S/C60H64N12O11S6/c1-29(2)35-21-41(74)46-30(3)88-57(70-46)37(22-44(75)61-4)64-51(78)39-26-84-53(66-39)34-17-18-36(55-68-43(28-87-55)72(19-9-10-20-73)59(80)32-13-15-33(16-14-32)60(81)82)63-47(34)38-25-85-56(65-38)40-27-86-58(67-40)49(50(77)31-11-7-6-8-12-31)69-45(76)23-62-52(79)48-42(24-83-5)89-54(35)71-48/h6-8,11-12,17-18,25-29,32-33,35,37,49-50,73,77H,9-10,13-16,19-24H2,1-5H3,(H,61,75)(H,62,79)(H,64,78)(H,69,76)(H,81,82)/t32?,33?,35-,37-,49-,50-/m0/s1. The first-order valence-electron chi connectivity index (χ1n) is 28.7. The van der Waals surface area contributed by atoms with Gasteiger partial charge in [0.2, 0.25) is 17.7 Å². The van der Waals surface area contributed by atoms with Gasteiger partial charge in [0, 0.05) is 77.5 Å². The van der Waals surface area contributed by atoms with Gasteiger partial charge in [0.1, 0.15) is 77.2 Å². The Morgan fingerprint density at radius 2 is 1.43 bits per heavy atom. The van der Waals surface area contributed by atoms with Crippen LogP contribution in [-0.2, 0) is 30.5 Å². The zero-order chi connectivity index (χ0) is 63.0. The predicted molar refractivity (Wildman–Crippen MR) is 340 cm³/mol. The smallest absolute Gasteiger partial charge is 0.306 e. The number of unbranched alkanes of at least 4 members (excludes halogenated alkanes) is 1. The molecule has 4 atom stereocenters. The summed E-state index contributed by atoms with van der Waals surface area (Å²) in [6.45, 7) is 5.38. The number of ketones is 1. The van der Waals surface area contributed by atoms with Crippen LogP contribution in [-0.4, -0.2) is 125 Å². The number of aliphatic hydroxyl groups is 2. The number of anilines is 1. The summed E-state index contributed by atoms with van der Waals surface area (Å²) in [5, 5.41) is 51.8. The number of carboxylic acid groups (broad SMARTS) is 1. The summed E-state index contributed by atoms with van der Waals surface area (Å²) >= 11 is 7.31. The molecular formula is C60H64N12O11S6. The maximum Gasteiger partial charge on any atom is 0.306 e. The van der Waals surface area contributed by atoms with Crippen molar-refractivity contribution in [2.45, 2.75) is 103 Å². The molecule has 23 nitrogen and oxygen atoms in total. The Labute approximate surface area is 535 Å². The number of ether oxygens (including phenoxy) is 1. The van der Waals surface area contributed by atoms with E-state index in [0.717, 1.165) is 0 Å². The van der Waals surface area contributed by atoms with Gasteiger partial charge in [0.15, 0.2) is 5.78 Å². The predicted octanol–water partition coefficient (Wildman–Crippen LogP) is 9.19. The van der Waals surface area contributed by atoms with Gasteiger partial charge in [-0.25, -0.2) is 34.9 Å². The summed E-state index contributed by atoms with van der Waals surface area (Å²) in [7, 11) is 2.96. The number of amides is 5. The van der Waals surface area contributed by atoms with E-state index in [1.165, 1.54) is 82.2 Å². The first-order valence-corrected chi connectivity index (χ1v) is 33.9. The maximum atomic E-state index is 14.4. The van der Waals surface area contributed by atoms with E-state index in [2.05, 4.69) is 21.3 Å². The molecule has 7 aromatic heterocycles. The van der Waals surface area contributed by atoms with Crippen LogP contribution in [0.1, 0.15) is 151 Å². The van der Waals surface area contributed by atoms with Crippen LogP contribution in [0.15, 0.2) is 64.0 Å². The van der Waals surface area contributed by atoms with Gasteiger partial charge in [0.25, 0.3) is 11.8 Å². The number of carbonyl (C=O) groups excluding carboxylic acids is 6. The number of aromatic nitrogens is 7. The van der Waals surface area contributed by atoms with Crippen molar-refractivity contribution in [1.29, 1.82) is 0 Å². The lowest BCUT2D eigenvalue weighted by Crippen LogP contribution is -2.40. The van der Waals surface area contributed by atoms with E-state index in [4.69, 9.17) is 39.6 Å². The second-order valence-electron chi connectivity index (χ2n) is 21.7. The Balaban J connectivity index is 1.04. The molecule has 29 heteroatoms. The van der Waals surface area contributed by atoms with E-state index in [9.17, 15) is 48.9 Å². The number of Topliss-reactive ketones (excluding diaryl/α,β-unsaturated/α-hetero) is 1. The van der Waals surface area contributed by atoms with Gasteiger partial charge in [-0.2, -0.15) is 0 Å². The van der Waals surface area contributed by atoms with E-state index >= 15 is 0 Å². The molecule has 0 unspecified atom stereocenters. The van der Waals surface area contributed by atoms with Gasteiger partial charge in [0.05, 0.1) is 47.1 Å². The van der Waals surface area contributed by atoms with Crippen molar-refractivity contribution in [2.75, 3.05) is 38.8 Å². The molecule has 7 N–H and O–H groups in total. The van der Waals surface area contributed by atoms with E-state index in [1.54, 1.807) is 75.8 Å². The molecule has 1 aromatic carbocycles. The molecule has 8 aromatic rings. The summed E-state index contributed by atoms with van der Waals surface area (Å²) in [5.41, 5.74) is 2.83. The van der Waals surface area contributed by atoms with Crippen molar-refractivity contribution >= 4 is 115 Å². The third kappa shape index (κ3) is 14.9. The number of hydrogen-bond acceptors (Lipinski definition) is 23. The summed E-state index contributed by atoms with van der Waals surface area (Å²) in [4.78, 5) is 133. The van der Waals surface area contributed by atoms with E-state index in [-0.39, 0.29) is 67.3 Å². The Bertz CT molecular complexity index is 3880. The van der Waals surface area contributed by atoms with Crippen LogP contribution in [0.4, 0.5) is 5.82 Å². The zero-order valence-corrected chi connectivity index (χ0v) is 53.9. The average Bonchev–Trinajstić information content (AvgIpc) is 3.00. The number of aliphatic hydroxyl groups excluding tert-OH is 2. The van der Waals surface area contributed by atoms with Gasteiger partial charge in [-0.15, -0.1) is 68.0 Å². The van der Waals surface area contributed by atoms with Crippen molar-refractivity contribution < 1.29 is 53.6 Å². The third-order valence-electron chi connectivity index (χ3n) is 15.3. The quantitative estimate of drug-likeness (QED) is 0.0470. The molecule has 2 aliphatic rings. The van der Waals surface area contributed by atoms with Crippen molar-refractivity contribution in [3.8, 4) is 43.4 Å². The molecule has 1 saturated carbocycles. The number of aliphatic carboxylic acids is 1. The van der Waals surface area contributed by atoms with Crippen LogP contribution in [0.3, 0.4) is 0 Å². The number of thiazole rings is 6. The van der Waals surface area contributed by atoms with Crippen molar-refractivity contribution in [1.82, 2.24) is 56.2 Å². The SMILES string of the molecule is CNC(=O)C[C@@H]1NC(=O)c2csc(n2)-c2ccc(-c3nc(N(CCCCO)C(=O)C4CCC(C(=O)O)CC4)cs3)nc2-c2csc(n2)-c2csc(n2)[C@H]([C@@H](O)c2ccccc2)NC(=O)CNC(=O)c2nc(sc2COC)[C@H](C(C)C)CC(=O)c2nc1sc2C. The average molecular weight is 1320 g/mol. The molecule has 89 heavy (non-hydrogen) atoms. The van der Waals surface area contributed by atoms with Crippen LogP contribution in [0.25, 0.3) is 43.4 Å². The second kappa shape index (κ2) is 29.0. The minimum absolute atomic E-state index is 0.0233. The van der Waals surface area contributed by atoms with Crippen molar-refractivity contribution in [2.24, 2.45) is 17.8 Å². The summed E-state index contributed by atoms with van der Waals surface area (Å²) in [6.07, 6.45) is 1.07. The van der Waals surface area contributed by atoms with Crippen LogP contribution < -0.4 is 26.2 Å². The number of benzene rings is 1. The lowest BCUT2D eigenvalue weighted by atomic mass is 9.81. The van der Waals surface area contributed by atoms with E-state index < -0.39 is 72.1 Å². The van der Waals surface area contributed by atoms with Gasteiger partial charge < -0.3 is 41.3 Å². The molecule has 1 aliphatic carbocycles. The fraction of sp³-hybridized carbons (Fsp3) is 0.400.